The minimum Gasteiger partial charge on any atom is -0.351 e. The Hall–Kier alpha value is -1.46. The molecule has 0 atom stereocenters. The zero-order chi connectivity index (χ0) is 14.5. The summed E-state index contributed by atoms with van der Waals surface area (Å²) in [6.07, 6.45) is 0. The van der Waals surface area contributed by atoms with Crippen molar-refractivity contribution in [1.82, 2.24) is 15.5 Å². The number of carbonyl (C=O) groups excluding carboxylic acids is 1. The van der Waals surface area contributed by atoms with Gasteiger partial charge in [-0.2, -0.15) is 0 Å². The molecule has 2 N–H and O–H groups in total. The minimum absolute atomic E-state index is 0.0199. The topological polar surface area (TPSA) is 44.4 Å². The van der Waals surface area contributed by atoms with Crippen LogP contribution in [-0.2, 0) is 11.3 Å². The van der Waals surface area contributed by atoms with Crippen LogP contribution in [-0.4, -0.2) is 43.5 Å². The van der Waals surface area contributed by atoms with Crippen LogP contribution in [0.5, 0.6) is 0 Å². The molecule has 4 nitrogen and oxygen atoms in total. The summed E-state index contributed by atoms with van der Waals surface area (Å²) >= 11 is 0. The van der Waals surface area contributed by atoms with Gasteiger partial charge in [-0.15, -0.1) is 0 Å². The van der Waals surface area contributed by atoms with Crippen molar-refractivity contribution >= 4 is 5.91 Å². The molecule has 1 amide bonds. The lowest BCUT2D eigenvalue weighted by molar-refractivity contribution is -0.122. The fourth-order valence-electron chi connectivity index (χ4n) is 2.47. The molecule has 0 spiro atoms. The second-order valence-corrected chi connectivity index (χ2v) is 5.35. The molecule has 0 unspecified atom stereocenters. The number of hydrogen-bond donors (Lipinski definition) is 2. The quantitative estimate of drug-likeness (QED) is 0.863. The fraction of sp³-hybridized carbons (Fsp3) is 0.533. The predicted molar refractivity (Wildman–Crippen MR) is 77.0 cm³/mol. The highest BCUT2D eigenvalue weighted by Gasteiger charge is 2.13. The zero-order valence-electron chi connectivity index (χ0n) is 12.1. The van der Waals surface area contributed by atoms with Crippen molar-refractivity contribution in [2.75, 3.05) is 32.7 Å². The van der Waals surface area contributed by atoms with E-state index in [-0.39, 0.29) is 11.7 Å². The van der Waals surface area contributed by atoms with E-state index in [9.17, 15) is 9.18 Å². The van der Waals surface area contributed by atoms with Crippen LogP contribution in [0.4, 0.5) is 4.39 Å². The monoisotopic (exact) mass is 279 g/mol. The SMILES string of the molecule is Cc1cc(CNC(=O)CN2CCNCC2)cc(C)c1F. The van der Waals surface area contributed by atoms with Crippen LogP contribution in [0.3, 0.4) is 0 Å². The van der Waals surface area contributed by atoms with E-state index < -0.39 is 0 Å². The van der Waals surface area contributed by atoms with E-state index in [4.69, 9.17) is 0 Å². The minimum atomic E-state index is -0.166. The summed E-state index contributed by atoms with van der Waals surface area (Å²) in [6.45, 7) is 8.05. The number of halogens is 1. The predicted octanol–water partition coefficient (Wildman–Crippen LogP) is 0.964. The van der Waals surface area contributed by atoms with Gasteiger partial charge in [0.2, 0.25) is 5.91 Å². The van der Waals surface area contributed by atoms with Crippen LogP contribution >= 0.6 is 0 Å². The van der Waals surface area contributed by atoms with Crippen LogP contribution in [0.15, 0.2) is 12.1 Å². The molecule has 5 heteroatoms. The number of nitrogens with one attached hydrogen (secondary N) is 2. The molecular formula is C15H22FN3O. The van der Waals surface area contributed by atoms with Crippen molar-refractivity contribution in [3.05, 3.63) is 34.6 Å². The number of carbonyl (C=O) groups is 1. The summed E-state index contributed by atoms with van der Waals surface area (Å²) in [7, 11) is 0. The summed E-state index contributed by atoms with van der Waals surface area (Å²) in [6, 6.07) is 3.57. The van der Waals surface area contributed by atoms with Gasteiger partial charge < -0.3 is 10.6 Å². The van der Waals surface area contributed by atoms with Crippen LogP contribution in [0.2, 0.25) is 0 Å². The molecule has 1 fully saturated rings. The summed E-state index contributed by atoms with van der Waals surface area (Å²) in [4.78, 5) is 14.0. The summed E-state index contributed by atoms with van der Waals surface area (Å²) in [5, 5.41) is 6.15. The van der Waals surface area contributed by atoms with E-state index in [2.05, 4.69) is 15.5 Å². The van der Waals surface area contributed by atoms with Gasteiger partial charge in [0.1, 0.15) is 5.82 Å². The van der Waals surface area contributed by atoms with Gasteiger partial charge in [0.25, 0.3) is 0 Å². The third-order valence-corrected chi connectivity index (χ3v) is 3.56. The van der Waals surface area contributed by atoms with Crippen LogP contribution in [0.1, 0.15) is 16.7 Å². The lowest BCUT2D eigenvalue weighted by Gasteiger charge is -2.26. The Morgan fingerprint density at radius 2 is 1.90 bits per heavy atom. The van der Waals surface area contributed by atoms with Crippen molar-refractivity contribution in [2.45, 2.75) is 20.4 Å². The van der Waals surface area contributed by atoms with Gasteiger partial charge in [-0.25, -0.2) is 4.39 Å². The first-order chi connectivity index (χ1) is 9.56. The van der Waals surface area contributed by atoms with Gasteiger partial charge in [0.15, 0.2) is 0 Å². The number of rotatable bonds is 4. The molecule has 0 aromatic heterocycles. The average molecular weight is 279 g/mol. The second-order valence-electron chi connectivity index (χ2n) is 5.35. The van der Waals surface area contributed by atoms with Gasteiger partial charge in [0.05, 0.1) is 6.54 Å². The Labute approximate surface area is 119 Å². The molecule has 1 aliphatic heterocycles. The maximum atomic E-state index is 13.5. The van der Waals surface area contributed by atoms with Crippen molar-refractivity contribution in [3.8, 4) is 0 Å². The fourth-order valence-corrected chi connectivity index (χ4v) is 2.47. The number of aryl methyl sites for hydroxylation is 2. The molecule has 0 aliphatic carbocycles. The third kappa shape index (κ3) is 4.02. The highest BCUT2D eigenvalue weighted by atomic mass is 19.1. The van der Waals surface area contributed by atoms with E-state index in [0.717, 1.165) is 31.7 Å². The maximum Gasteiger partial charge on any atom is 0.234 e. The van der Waals surface area contributed by atoms with Crippen LogP contribution in [0.25, 0.3) is 0 Å². The van der Waals surface area contributed by atoms with Crippen LogP contribution < -0.4 is 10.6 Å². The molecule has 0 radical (unpaired) electrons. The Morgan fingerprint density at radius 1 is 1.30 bits per heavy atom. The van der Waals surface area contributed by atoms with Crippen molar-refractivity contribution < 1.29 is 9.18 Å². The van der Waals surface area contributed by atoms with E-state index in [1.807, 2.05) is 0 Å². The van der Waals surface area contributed by atoms with Gasteiger partial charge in [-0.3, -0.25) is 9.69 Å². The number of amides is 1. The number of nitrogens with zero attached hydrogens (tertiary/aromatic N) is 1. The first kappa shape index (κ1) is 14.9. The molecule has 0 bridgehead atoms. The van der Waals surface area contributed by atoms with Crippen molar-refractivity contribution in [1.29, 1.82) is 0 Å². The van der Waals surface area contributed by atoms with Crippen molar-refractivity contribution in [2.24, 2.45) is 0 Å². The Kier molecular flexibility index (Phi) is 5.09. The Balaban J connectivity index is 1.83. The number of hydrogen-bond acceptors (Lipinski definition) is 3. The Bertz CT molecular complexity index is 461. The standard InChI is InChI=1S/C15H22FN3O/c1-11-7-13(8-12(2)15(11)16)9-18-14(20)10-19-5-3-17-4-6-19/h7-8,17H,3-6,9-10H2,1-2H3,(H,18,20). The van der Waals surface area contributed by atoms with Gasteiger partial charge >= 0.3 is 0 Å². The zero-order valence-corrected chi connectivity index (χ0v) is 12.1. The lowest BCUT2D eigenvalue weighted by Crippen LogP contribution is -2.47. The molecule has 2 rings (SSSR count). The second kappa shape index (κ2) is 6.81. The molecule has 1 aromatic carbocycles. The highest BCUT2D eigenvalue weighted by Crippen LogP contribution is 2.14. The number of benzene rings is 1. The molecule has 1 heterocycles. The highest BCUT2D eigenvalue weighted by molar-refractivity contribution is 5.78. The maximum absolute atomic E-state index is 13.5. The molecule has 0 saturated carbocycles. The average Bonchev–Trinajstić information content (AvgIpc) is 2.43. The first-order valence-electron chi connectivity index (χ1n) is 7.01. The molecular weight excluding hydrogens is 257 g/mol. The lowest BCUT2D eigenvalue weighted by atomic mass is 10.1. The van der Waals surface area contributed by atoms with E-state index in [1.165, 1.54) is 0 Å². The molecule has 110 valence electrons. The van der Waals surface area contributed by atoms with E-state index in [1.54, 1.807) is 26.0 Å². The summed E-state index contributed by atoms with van der Waals surface area (Å²) in [5.41, 5.74) is 2.18. The summed E-state index contributed by atoms with van der Waals surface area (Å²) in [5.74, 6) is -0.146. The third-order valence-electron chi connectivity index (χ3n) is 3.56. The van der Waals surface area contributed by atoms with E-state index >= 15 is 0 Å². The van der Waals surface area contributed by atoms with Gasteiger partial charge in [0, 0.05) is 32.7 Å². The smallest absolute Gasteiger partial charge is 0.234 e. The van der Waals surface area contributed by atoms with Gasteiger partial charge in [-0.1, -0.05) is 12.1 Å². The van der Waals surface area contributed by atoms with Crippen LogP contribution in [0, 0.1) is 19.7 Å². The number of piperazine rings is 1. The van der Waals surface area contributed by atoms with E-state index in [0.29, 0.717) is 24.2 Å². The normalized spacial score (nSPS) is 16.1. The molecule has 1 aromatic rings. The van der Waals surface area contributed by atoms with Gasteiger partial charge in [-0.05, 0) is 30.5 Å². The summed E-state index contributed by atoms with van der Waals surface area (Å²) < 4.78 is 13.5. The Morgan fingerprint density at radius 3 is 2.50 bits per heavy atom. The largest absolute Gasteiger partial charge is 0.351 e. The first-order valence-corrected chi connectivity index (χ1v) is 7.01. The molecule has 1 aliphatic rings. The van der Waals surface area contributed by atoms with Crippen molar-refractivity contribution in [3.63, 3.8) is 0 Å². The molecule has 20 heavy (non-hydrogen) atoms. The molecule has 1 saturated heterocycles.